The van der Waals surface area contributed by atoms with Crippen molar-refractivity contribution in [2.45, 2.75) is 36.9 Å². The average Bonchev–Trinajstić information content (AvgIpc) is 3.08. The minimum Gasteiger partial charge on any atom is -0.466 e. The second-order valence-corrected chi connectivity index (χ2v) is 9.82. The standard InChI is InChI=1S/C35H38O11/c1-40-29(36)22-14-21-27(45-34(38)31(42-3)25-17-10-6-11-18-25)28(46-35(39)32(43-4)26-19-12-7-13-20-26)23-44-33(37)30(41-2)24-15-8-5-9-16-24/h5-20,22,27-28,30-32H,21,23H2,1-4H3/b22-14+/t27-,28+,30-,31-,32-/m0/s1. The molecule has 3 aromatic carbocycles. The Kier molecular flexibility index (Phi) is 14.6. The van der Waals surface area contributed by atoms with E-state index < -0.39 is 61.0 Å². The third-order valence-electron chi connectivity index (χ3n) is 6.82. The minimum atomic E-state index is -1.36. The van der Waals surface area contributed by atoms with Crippen LogP contribution in [0.25, 0.3) is 0 Å². The van der Waals surface area contributed by atoms with Crippen LogP contribution in [0.2, 0.25) is 0 Å². The van der Waals surface area contributed by atoms with Gasteiger partial charge in [0.05, 0.1) is 7.11 Å². The summed E-state index contributed by atoms with van der Waals surface area (Å²) in [5.74, 6) is -3.05. The number of methoxy groups -OCH3 is 4. The Morgan fingerprint density at radius 1 is 0.565 bits per heavy atom. The van der Waals surface area contributed by atoms with Gasteiger partial charge in [-0.2, -0.15) is 0 Å². The maximum Gasteiger partial charge on any atom is 0.340 e. The number of rotatable bonds is 17. The van der Waals surface area contributed by atoms with E-state index in [-0.39, 0.29) is 6.42 Å². The van der Waals surface area contributed by atoms with Crippen molar-refractivity contribution in [2.24, 2.45) is 0 Å². The molecule has 244 valence electrons. The third-order valence-corrected chi connectivity index (χ3v) is 6.82. The van der Waals surface area contributed by atoms with Crippen molar-refractivity contribution in [3.05, 3.63) is 120 Å². The fraction of sp³-hybridized carbons (Fsp3) is 0.314. The van der Waals surface area contributed by atoms with Crippen LogP contribution in [0.4, 0.5) is 0 Å². The molecule has 46 heavy (non-hydrogen) atoms. The summed E-state index contributed by atoms with van der Waals surface area (Å²) in [4.78, 5) is 52.0. The van der Waals surface area contributed by atoms with Gasteiger partial charge in [-0.05, 0) is 16.7 Å². The molecule has 3 rings (SSSR count). The fourth-order valence-corrected chi connectivity index (χ4v) is 4.51. The molecule has 0 fully saturated rings. The predicted octanol–water partition coefficient (Wildman–Crippen LogP) is 4.64. The Labute approximate surface area is 268 Å². The molecular formula is C35H38O11. The monoisotopic (exact) mass is 634 g/mol. The number of esters is 4. The molecule has 5 atom stereocenters. The van der Waals surface area contributed by atoms with Crippen molar-refractivity contribution in [3.63, 3.8) is 0 Å². The second-order valence-electron chi connectivity index (χ2n) is 9.82. The zero-order valence-electron chi connectivity index (χ0n) is 26.1. The Morgan fingerprint density at radius 3 is 1.35 bits per heavy atom. The van der Waals surface area contributed by atoms with Gasteiger partial charge < -0.3 is 33.2 Å². The summed E-state index contributed by atoms with van der Waals surface area (Å²) in [5, 5.41) is 0. The van der Waals surface area contributed by atoms with Crippen LogP contribution in [0.1, 0.15) is 41.4 Å². The van der Waals surface area contributed by atoms with E-state index in [1.54, 1.807) is 91.0 Å². The third kappa shape index (κ3) is 10.4. The summed E-state index contributed by atoms with van der Waals surface area (Å²) in [6, 6.07) is 26.0. The lowest BCUT2D eigenvalue weighted by atomic mass is 10.1. The molecule has 0 saturated carbocycles. The van der Waals surface area contributed by atoms with Crippen molar-refractivity contribution in [2.75, 3.05) is 35.0 Å². The highest BCUT2D eigenvalue weighted by atomic mass is 16.6. The molecular weight excluding hydrogens is 596 g/mol. The lowest BCUT2D eigenvalue weighted by Gasteiger charge is -2.29. The zero-order valence-corrected chi connectivity index (χ0v) is 26.1. The number of carbonyl (C=O) groups excluding carboxylic acids is 4. The average molecular weight is 635 g/mol. The highest BCUT2D eigenvalue weighted by Crippen LogP contribution is 2.25. The lowest BCUT2D eigenvalue weighted by molar-refractivity contribution is -0.188. The van der Waals surface area contributed by atoms with Gasteiger partial charge in [0.2, 0.25) is 0 Å². The number of hydrogen-bond donors (Lipinski definition) is 0. The summed E-state index contributed by atoms with van der Waals surface area (Å²) < 4.78 is 38.2. The van der Waals surface area contributed by atoms with Crippen LogP contribution < -0.4 is 0 Å². The van der Waals surface area contributed by atoms with E-state index in [2.05, 4.69) is 4.74 Å². The van der Waals surface area contributed by atoms with Gasteiger partial charge in [-0.25, -0.2) is 19.2 Å². The molecule has 0 bridgehead atoms. The first-order valence-electron chi connectivity index (χ1n) is 14.4. The van der Waals surface area contributed by atoms with Crippen molar-refractivity contribution in [1.29, 1.82) is 0 Å². The SMILES string of the molecule is COC(=O)/C=C/C[C@H](OC(=O)[C@@H](OC)c1ccccc1)[C@@H](COC(=O)[C@@H](OC)c1ccccc1)OC(=O)[C@@H](OC)c1ccccc1. The normalized spacial score (nSPS) is 14.3. The van der Waals surface area contributed by atoms with E-state index in [0.717, 1.165) is 6.08 Å². The van der Waals surface area contributed by atoms with Crippen LogP contribution in [0, 0.1) is 0 Å². The molecule has 0 unspecified atom stereocenters. The van der Waals surface area contributed by atoms with Crippen molar-refractivity contribution in [1.82, 2.24) is 0 Å². The van der Waals surface area contributed by atoms with E-state index in [9.17, 15) is 19.2 Å². The van der Waals surface area contributed by atoms with Crippen LogP contribution in [0.3, 0.4) is 0 Å². The smallest absolute Gasteiger partial charge is 0.340 e. The van der Waals surface area contributed by atoms with Crippen LogP contribution >= 0.6 is 0 Å². The molecule has 3 aromatic rings. The van der Waals surface area contributed by atoms with Crippen LogP contribution in [0.5, 0.6) is 0 Å². The van der Waals surface area contributed by atoms with Crippen molar-refractivity contribution < 1.29 is 52.3 Å². The molecule has 0 heterocycles. The fourth-order valence-electron chi connectivity index (χ4n) is 4.51. The van der Waals surface area contributed by atoms with E-state index in [4.69, 9.17) is 28.4 Å². The summed E-state index contributed by atoms with van der Waals surface area (Å²) in [7, 11) is 5.26. The van der Waals surface area contributed by atoms with Gasteiger partial charge in [0.1, 0.15) is 12.7 Å². The Bertz CT molecular complexity index is 1410. The van der Waals surface area contributed by atoms with Crippen molar-refractivity contribution >= 4 is 23.9 Å². The van der Waals surface area contributed by atoms with Gasteiger partial charge in [0.15, 0.2) is 24.4 Å². The summed E-state index contributed by atoms with van der Waals surface area (Å²) in [6.45, 7) is -0.532. The van der Waals surface area contributed by atoms with Crippen LogP contribution in [0.15, 0.2) is 103 Å². The zero-order chi connectivity index (χ0) is 33.3. The van der Waals surface area contributed by atoms with E-state index in [0.29, 0.717) is 16.7 Å². The molecule has 0 aliphatic carbocycles. The summed E-state index contributed by atoms with van der Waals surface area (Å²) in [6.07, 6.45) is -3.56. The predicted molar refractivity (Wildman–Crippen MR) is 165 cm³/mol. The molecule has 0 aromatic heterocycles. The van der Waals surface area contributed by atoms with Gasteiger partial charge in [0.25, 0.3) is 0 Å². The number of benzene rings is 3. The summed E-state index contributed by atoms with van der Waals surface area (Å²) >= 11 is 0. The maximum atomic E-state index is 13.5. The molecule has 0 aliphatic rings. The maximum absolute atomic E-state index is 13.5. The molecule has 0 radical (unpaired) electrons. The molecule has 0 spiro atoms. The first kappa shape index (κ1) is 35.6. The number of ether oxygens (including phenoxy) is 7. The Hall–Kier alpha value is -4.84. The van der Waals surface area contributed by atoms with Crippen LogP contribution in [-0.2, 0) is 52.3 Å². The van der Waals surface area contributed by atoms with Gasteiger partial charge in [-0.1, -0.05) is 97.1 Å². The Balaban J connectivity index is 1.95. The number of hydrogen-bond acceptors (Lipinski definition) is 11. The highest BCUT2D eigenvalue weighted by molar-refractivity contribution is 5.82. The minimum absolute atomic E-state index is 0.128. The molecule has 11 nitrogen and oxygen atoms in total. The quantitative estimate of drug-likeness (QED) is 0.117. The molecule has 0 amide bonds. The van der Waals surface area contributed by atoms with Gasteiger partial charge in [-0.3, -0.25) is 0 Å². The van der Waals surface area contributed by atoms with E-state index in [1.165, 1.54) is 34.5 Å². The van der Waals surface area contributed by atoms with Gasteiger partial charge in [0, 0.05) is 33.8 Å². The second kappa shape index (κ2) is 18.8. The van der Waals surface area contributed by atoms with E-state index in [1.807, 2.05) is 0 Å². The lowest BCUT2D eigenvalue weighted by Crippen LogP contribution is -2.41. The first-order chi connectivity index (χ1) is 22.3. The topological polar surface area (TPSA) is 133 Å². The molecule has 0 saturated heterocycles. The van der Waals surface area contributed by atoms with Gasteiger partial charge in [-0.15, -0.1) is 0 Å². The van der Waals surface area contributed by atoms with Gasteiger partial charge >= 0.3 is 23.9 Å². The van der Waals surface area contributed by atoms with Crippen molar-refractivity contribution in [3.8, 4) is 0 Å². The van der Waals surface area contributed by atoms with E-state index >= 15 is 0 Å². The molecule has 0 N–H and O–H groups in total. The molecule has 11 heteroatoms. The molecule has 0 aliphatic heterocycles. The highest BCUT2D eigenvalue weighted by Gasteiger charge is 2.36. The van der Waals surface area contributed by atoms with Crippen LogP contribution in [-0.4, -0.2) is 71.1 Å². The Morgan fingerprint density at radius 2 is 0.957 bits per heavy atom. The number of carbonyl (C=O) groups is 4. The largest absolute Gasteiger partial charge is 0.466 e. The summed E-state index contributed by atoms with van der Waals surface area (Å²) in [5.41, 5.74) is 1.58. The first-order valence-corrected chi connectivity index (χ1v) is 14.4.